The molecule has 0 aromatic heterocycles. The van der Waals surface area contributed by atoms with Gasteiger partial charge in [0.1, 0.15) is 0 Å². The predicted octanol–water partition coefficient (Wildman–Crippen LogP) is 2.42. The number of aliphatic carboxylic acids is 1. The number of thioether (sulfide) groups is 1. The number of carboxylic acids is 1. The van der Waals surface area contributed by atoms with Crippen LogP contribution in [0, 0.1) is 5.92 Å². The molecular weight excluding hydrogens is 274 g/mol. The van der Waals surface area contributed by atoms with Gasteiger partial charge < -0.3 is 10.0 Å². The molecule has 1 aromatic carbocycles. The first-order valence-corrected chi connectivity index (χ1v) is 7.76. The molecule has 1 heterocycles. The third kappa shape index (κ3) is 3.33. The largest absolute Gasteiger partial charge is 0.481 e. The van der Waals surface area contributed by atoms with Crippen molar-refractivity contribution in [2.75, 3.05) is 17.2 Å². The van der Waals surface area contributed by atoms with Gasteiger partial charge in [-0.15, -0.1) is 11.8 Å². The van der Waals surface area contributed by atoms with Crippen molar-refractivity contribution in [2.45, 2.75) is 25.5 Å². The van der Waals surface area contributed by atoms with Crippen molar-refractivity contribution in [3.8, 4) is 0 Å². The highest BCUT2D eigenvalue weighted by atomic mass is 32.2. The number of benzene rings is 1. The number of rotatable bonds is 4. The molecule has 0 saturated carbocycles. The lowest BCUT2D eigenvalue weighted by Crippen LogP contribution is -2.43. The lowest BCUT2D eigenvalue weighted by molar-refractivity contribution is -0.141. The van der Waals surface area contributed by atoms with Gasteiger partial charge in [-0.2, -0.15) is 0 Å². The number of carbonyl (C=O) groups excluding carboxylic acids is 1. The van der Waals surface area contributed by atoms with Crippen LogP contribution in [-0.2, 0) is 16.0 Å². The third-order valence-corrected chi connectivity index (χ3v) is 4.42. The van der Waals surface area contributed by atoms with E-state index in [2.05, 4.69) is 0 Å². The summed E-state index contributed by atoms with van der Waals surface area (Å²) in [6.45, 7) is 4.36. The van der Waals surface area contributed by atoms with Crippen molar-refractivity contribution in [1.29, 1.82) is 0 Å². The third-order valence-electron chi connectivity index (χ3n) is 3.34. The molecule has 1 aromatic rings. The van der Waals surface area contributed by atoms with E-state index in [4.69, 9.17) is 0 Å². The summed E-state index contributed by atoms with van der Waals surface area (Å²) < 4.78 is 0. The minimum absolute atomic E-state index is 0.0119. The Morgan fingerprint density at radius 3 is 2.75 bits per heavy atom. The van der Waals surface area contributed by atoms with Gasteiger partial charge in [-0.05, 0) is 23.3 Å². The van der Waals surface area contributed by atoms with E-state index in [0.717, 1.165) is 11.3 Å². The van der Waals surface area contributed by atoms with Crippen LogP contribution in [0.5, 0.6) is 0 Å². The highest BCUT2D eigenvalue weighted by Crippen LogP contribution is 2.30. The van der Waals surface area contributed by atoms with Crippen molar-refractivity contribution < 1.29 is 14.7 Å². The first kappa shape index (κ1) is 14.9. The number of hydrogen-bond donors (Lipinski definition) is 1. The number of hydrogen-bond acceptors (Lipinski definition) is 3. The molecule has 1 unspecified atom stereocenters. The van der Waals surface area contributed by atoms with Gasteiger partial charge in [0.05, 0.1) is 11.7 Å². The van der Waals surface area contributed by atoms with Crippen LogP contribution in [0.4, 0.5) is 5.69 Å². The number of para-hydroxylation sites is 1. The molecule has 1 amide bonds. The Hall–Kier alpha value is -1.49. The molecule has 0 aliphatic carbocycles. The Balaban J connectivity index is 2.22. The zero-order chi connectivity index (χ0) is 14.7. The lowest BCUT2D eigenvalue weighted by atomic mass is 9.92. The molecule has 2 rings (SSSR count). The van der Waals surface area contributed by atoms with Crippen molar-refractivity contribution in [3.63, 3.8) is 0 Å². The highest BCUT2D eigenvalue weighted by Gasteiger charge is 2.31. The monoisotopic (exact) mass is 293 g/mol. The molecule has 20 heavy (non-hydrogen) atoms. The minimum Gasteiger partial charge on any atom is -0.481 e. The van der Waals surface area contributed by atoms with Crippen LogP contribution in [0.25, 0.3) is 0 Å². The van der Waals surface area contributed by atoms with Crippen molar-refractivity contribution in [2.24, 2.45) is 5.92 Å². The van der Waals surface area contributed by atoms with Gasteiger partial charge >= 0.3 is 5.97 Å². The van der Waals surface area contributed by atoms with E-state index in [1.165, 1.54) is 0 Å². The topological polar surface area (TPSA) is 57.6 Å². The van der Waals surface area contributed by atoms with E-state index in [0.29, 0.717) is 17.4 Å². The quantitative estimate of drug-likeness (QED) is 0.926. The van der Waals surface area contributed by atoms with Crippen LogP contribution in [0.15, 0.2) is 24.3 Å². The molecule has 0 saturated heterocycles. The summed E-state index contributed by atoms with van der Waals surface area (Å²) >= 11 is 1.58. The molecule has 0 radical (unpaired) electrons. The second kappa shape index (κ2) is 6.31. The molecule has 108 valence electrons. The summed E-state index contributed by atoms with van der Waals surface area (Å²) in [5.74, 6) is -0.980. The van der Waals surface area contributed by atoms with E-state index in [-0.39, 0.29) is 12.5 Å². The molecule has 4 nitrogen and oxygen atoms in total. The molecule has 1 aliphatic rings. The number of fused-ring (bicyclic) bond motifs is 1. The SMILES string of the molecule is CC(C)SCC(=O)N1CC(C(=O)O)Cc2ccccc21. The average molecular weight is 293 g/mol. The van der Waals surface area contributed by atoms with E-state index in [9.17, 15) is 14.7 Å². The fourth-order valence-corrected chi connectivity index (χ4v) is 2.94. The maximum Gasteiger partial charge on any atom is 0.308 e. The van der Waals surface area contributed by atoms with Crippen LogP contribution in [0.3, 0.4) is 0 Å². The van der Waals surface area contributed by atoms with Gasteiger partial charge in [0.15, 0.2) is 0 Å². The first-order chi connectivity index (χ1) is 9.49. The normalized spacial score (nSPS) is 17.9. The Kier molecular flexibility index (Phi) is 4.70. The minimum atomic E-state index is -0.839. The number of anilines is 1. The van der Waals surface area contributed by atoms with Crippen molar-refractivity contribution >= 4 is 29.3 Å². The van der Waals surface area contributed by atoms with E-state index in [1.54, 1.807) is 16.7 Å². The second-order valence-corrected chi connectivity index (χ2v) is 6.80. The van der Waals surface area contributed by atoms with Gasteiger partial charge in [0.25, 0.3) is 0 Å². The standard InChI is InChI=1S/C15H19NO3S/c1-10(2)20-9-14(17)16-8-12(15(18)19)7-11-5-3-4-6-13(11)16/h3-6,10,12H,7-9H2,1-2H3,(H,18,19). The molecule has 1 atom stereocenters. The molecule has 0 bridgehead atoms. The Morgan fingerprint density at radius 2 is 2.10 bits per heavy atom. The Morgan fingerprint density at radius 1 is 1.40 bits per heavy atom. The Bertz CT molecular complexity index is 516. The van der Waals surface area contributed by atoms with E-state index in [1.807, 2.05) is 38.1 Å². The van der Waals surface area contributed by atoms with Gasteiger partial charge in [-0.3, -0.25) is 9.59 Å². The molecule has 0 fully saturated rings. The van der Waals surface area contributed by atoms with Gasteiger partial charge in [0.2, 0.25) is 5.91 Å². The average Bonchev–Trinajstić information content (AvgIpc) is 2.43. The molecule has 0 spiro atoms. The van der Waals surface area contributed by atoms with Crippen LogP contribution in [-0.4, -0.2) is 34.5 Å². The van der Waals surface area contributed by atoms with Gasteiger partial charge in [-0.25, -0.2) is 0 Å². The summed E-state index contributed by atoms with van der Waals surface area (Å²) in [6.07, 6.45) is 0.493. The fourth-order valence-electron chi connectivity index (χ4n) is 2.31. The fraction of sp³-hybridized carbons (Fsp3) is 0.467. The zero-order valence-electron chi connectivity index (χ0n) is 11.7. The van der Waals surface area contributed by atoms with Crippen molar-refractivity contribution in [3.05, 3.63) is 29.8 Å². The number of carboxylic acid groups (broad SMARTS) is 1. The van der Waals surface area contributed by atoms with Gasteiger partial charge in [0, 0.05) is 12.2 Å². The predicted molar refractivity (Wildman–Crippen MR) is 81.2 cm³/mol. The van der Waals surface area contributed by atoms with Crippen LogP contribution in [0.1, 0.15) is 19.4 Å². The summed E-state index contributed by atoms with van der Waals surface area (Å²) in [6, 6.07) is 7.57. The summed E-state index contributed by atoms with van der Waals surface area (Å²) in [5, 5.41) is 9.62. The van der Waals surface area contributed by atoms with Crippen molar-refractivity contribution in [1.82, 2.24) is 0 Å². The molecular formula is C15H19NO3S. The maximum absolute atomic E-state index is 12.3. The van der Waals surface area contributed by atoms with Gasteiger partial charge in [-0.1, -0.05) is 32.0 Å². The summed E-state index contributed by atoms with van der Waals surface area (Å²) in [7, 11) is 0. The second-order valence-electron chi connectivity index (χ2n) is 5.23. The first-order valence-electron chi connectivity index (χ1n) is 6.71. The number of nitrogens with zero attached hydrogens (tertiary/aromatic N) is 1. The number of carbonyl (C=O) groups is 2. The molecule has 5 heteroatoms. The Labute approximate surface area is 123 Å². The number of amides is 1. The van der Waals surface area contributed by atoms with E-state index >= 15 is 0 Å². The molecule has 1 N–H and O–H groups in total. The van der Waals surface area contributed by atoms with Crippen LogP contribution < -0.4 is 4.90 Å². The van der Waals surface area contributed by atoms with E-state index < -0.39 is 11.9 Å². The molecule has 1 aliphatic heterocycles. The van der Waals surface area contributed by atoms with Crippen LogP contribution in [0.2, 0.25) is 0 Å². The zero-order valence-corrected chi connectivity index (χ0v) is 12.5. The highest BCUT2D eigenvalue weighted by molar-refractivity contribution is 8.00. The summed E-state index contributed by atoms with van der Waals surface area (Å²) in [5.41, 5.74) is 1.80. The lowest BCUT2D eigenvalue weighted by Gasteiger charge is -2.33. The van der Waals surface area contributed by atoms with Crippen LogP contribution >= 0.6 is 11.8 Å². The summed E-state index contributed by atoms with van der Waals surface area (Å²) in [4.78, 5) is 25.2. The maximum atomic E-state index is 12.3. The smallest absolute Gasteiger partial charge is 0.308 e.